The number of alkyl halides is 3. The molecule has 1 amide bonds. The zero-order valence-electron chi connectivity index (χ0n) is 15.3. The van der Waals surface area contributed by atoms with Gasteiger partial charge in [-0.1, -0.05) is 30.3 Å². The van der Waals surface area contributed by atoms with Gasteiger partial charge in [0.2, 0.25) is 5.91 Å². The van der Waals surface area contributed by atoms with Crippen molar-refractivity contribution in [3.05, 3.63) is 54.6 Å². The molecule has 154 valence electrons. The number of benzene rings is 1. The van der Waals surface area contributed by atoms with Crippen molar-refractivity contribution in [2.75, 3.05) is 24.5 Å². The molecular weight excluding hydrogens is 389 g/mol. The average molecular weight is 408 g/mol. The van der Waals surface area contributed by atoms with Gasteiger partial charge in [-0.15, -0.1) is 0 Å². The Morgan fingerprint density at radius 3 is 2.28 bits per heavy atom. The lowest BCUT2D eigenvalue weighted by Gasteiger charge is -2.21. The summed E-state index contributed by atoms with van der Waals surface area (Å²) >= 11 is 0. The van der Waals surface area contributed by atoms with E-state index in [2.05, 4.69) is 39.1 Å². The summed E-state index contributed by atoms with van der Waals surface area (Å²) in [6, 6.07) is 10.4. The molecule has 29 heavy (non-hydrogen) atoms. The van der Waals surface area contributed by atoms with Gasteiger partial charge in [-0.25, -0.2) is 14.8 Å². The molecule has 2 saturated heterocycles. The number of likely N-dealkylation sites (tertiary alicyclic amines) is 1. The lowest BCUT2D eigenvalue weighted by molar-refractivity contribution is -0.192. The summed E-state index contributed by atoms with van der Waals surface area (Å²) in [5, 5.41) is 7.12. The maximum Gasteiger partial charge on any atom is 0.490 e. The van der Waals surface area contributed by atoms with Crippen LogP contribution in [0.2, 0.25) is 0 Å². The van der Waals surface area contributed by atoms with Gasteiger partial charge in [0.1, 0.15) is 6.33 Å². The Bertz CT molecular complexity index is 849. The summed E-state index contributed by atoms with van der Waals surface area (Å²) in [7, 11) is 0. The minimum Gasteiger partial charge on any atom is -0.475 e. The standard InChI is InChI=1S/C17H18N4O.C2HF3O2/c22-17-16-11-20(8-13-4-2-1-3-5-13)9-14(16)10-21(17)15-6-18-12-19-7-15;3-2(4,5)1(6)7/h1-7,12,14,16H,8-11H2;(H,6,7)/t14-,16-;/m0./s1. The Labute approximate surface area is 164 Å². The van der Waals surface area contributed by atoms with Crippen molar-refractivity contribution in [1.82, 2.24) is 14.9 Å². The topological polar surface area (TPSA) is 86.6 Å². The summed E-state index contributed by atoms with van der Waals surface area (Å²) < 4.78 is 31.7. The monoisotopic (exact) mass is 408 g/mol. The van der Waals surface area contributed by atoms with Gasteiger partial charge in [-0.05, 0) is 5.56 Å². The van der Waals surface area contributed by atoms with Crippen LogP contribution in [-0.2, 0) is 16.1 Å². The van der Waals surface area contributed by atoms with E-state index in [-0.39, 0.29) is 11.8 Å². The van der Waals surface area contributed by atoms with Crippen molar-refractivity contribution in [1.29, 1.82) is 0 Å². The first-order valence-electron chi connectivity index (χ1n) is 8.88. The van der Waals surface area contributed by atoms with E-state index >= 15 is 0 Å². The highest BCUT2D eigenvalue weighted by molar-refractivity contribution is 5.97. The smallest absolute Gasteiger partial charge is 0.475 e. The second-order valence-corrected chi connectivity index (χ2v) is 6.89. The lowest BCUT2D eigenvalue weighted by Crippen LogP contribution is -2.32. The number of anilines is 1. The number of amides is 1. The maximum atomic E-state index is 12.6. The molecule has 1 N–H and O–H groups in total. The molecular formula is C19H19F3N4O3. The largest absolute Gasteiger partial charge is 0.490 e. The SMILES string of the molecule is O=C(O)C(F)(F)F.O=C1[C@H]2CN(Cc3ccccc3)C[C@H]2CN1c1cncnc1. The average Bonchev–Trinajstić information content (AvgIpc) is 3.22. The zero-order chi connectivity index (χ0) is 21.0. The molecule has 0 unspecified atom stereocenters. The van der Waals surface area contributed by atoms with E-state index in [1.807, 2.05) is 11.0 Å². The Hall–Kier alpha value is -3.01. The van der Waals surface area contributed by atoms with Gasteiger partial charge in [-0.3, -0.25) is 9.69 Å². The second-order valence-electron chi connectivity index (χ2n) is 6.89. The molecule has 2 aromatic rings. The van der Waals surface area contributed by atoms with Gasteiger partial charge in [0.15, 0.2) is 0 Å². The number of fused-ring (bicyclic) bond motifs is 1. The third-order valence-electron chi connectivity index (χ3n) is 4.87. The summed E-state index contributed by atoms with van der Waals surface area (Å²) in [6.45, 7) is 3.54. The van der Waals surface area contributed by atoms with Crippen molar-refractivity contribution in [3.8, 4) is 0 Å². The normalized spacial score (nSPS) is 21.5. The van der Waals surface area contributed by atoms with Gasteiger partial charge >= 0.3 is 12.1 Å². The maximum absolute atomic E-state index is 12.6. The van der Waals surface area contributed by atoms with Gasteiger partial charge in [0.05, 0.1) is 24.0 Å². The van der Waals surface area contributed by atoms with Crippen molar-refractivity contribution in [3.63, 3.8) is 0 Å². The Kier molecular flexibility index (Phi) is 6.12. The molecule has 0 aliphatic carbocycles. The van der Waals surface area contributed by atoms with Crippen LogP contribution in [0.3, 0.4) is 0 Å². The molecule has 4 rings (SSSR count). The van der Waals surface area contributed by atoms with Crippen LogP contribution in [0.4, 0.5) is 18.9 Å². The van der Waals surface area contributed by atoms with E-state index in [9.17, 15) is 18.0 Å². The highest BCUT2D eigenvalue weighted by Gasteiger charge is 2.46. The van der Waals surface area contributed by atoms with Gasteiger partial charge in [0, 0.05) is 32.1 Å². The number of rotatable bonds is 3. The Balaban J connectivity index is 0.000000298. The summed E-state index contributed by atoms with van der Waals surface area (Å²) in [5.41, 5.74) is 2.12. The van der Waals surface area contributed by atoms with Gasteiger partial charge < -0.3 is 10.0 Å². The molecule has 7 nitrogen and oxygen atoms in total. The molecule has 2 aliphatic heterocycles. The summed E-state index contributed by atoms with van der Waals surface area (Å²) in [4.78, 5) is 33.8. The van der Waals surface area contributed by atoms with E-state index < -0.39 is 12.1 Å². The first kappa shape index (κ1) is 20.7. The van der Waals surface area contributed by atoms with Crippen LogP contribution >= 0.6 is 0 Å². The van der Waals surface area contributed by atoms with Gasteiger partial charge in [0.25, 0.3) is 0 Å². The van der Waals surface area contributed by atoms with Gasteiger partial charge in [-0.2, -0.15) is 13.2 Å². The van der Waals surface area contributed by atoms with Crippen molar-refractivity contribution < 1.29 is 27.9 Å². The van der Waals surface area contributed by atoms with E-state index in [0.29, 0.717) is 5.92 Å². The summed E-state index contributed by atoms with van der Waals surface area (Å²) in [5.74, 6) is -2.01. The Morgan fingerprint density at radius 2 is 1.72 bits per heavy atom. The van der Waals surface area contributed by atoms with Crippen molar-refractivity contribution in [2.24, 2.45) is 11.8 Å². The van der Waals surface area contributed by atoms with Crippen LogP contribution in [0.15, 0.2) is 49.1 Å². The molecule has 1 aromatic heterocycles. The van der Waals surface area contributed by atoms with Crippen LogP contribution in [0.1, 0.15) is 5.56 Å². The number of nitrogens with zero attached hydrogens (tertiary/aromatic N) is 4. The van der Waals surface area contributed by atoms with E-state index in [1.54, 1.807) is 12.4 Å². The highest BCUT2D eigenvalue weighted by atomic mass is 19.4. The molecule has 1 aromatic carbocycles. The third-order valence-corrected chi connectivity index (χ3v) is 4.87. The van der Waals surface area contributed by atoms with E-state index in [4.69, 9.17) is 9.90 Å². The second kappa shape index (κ2) is 8.56. The molecule has 0 spiro atoms. The number of carbonyl (C=O) groups excluding carboxylic acids is 1. The number of carboxylic acids is 1. The molecule has 10 heteroatoms. The zero-order valence-corrected chi connectivity index (χ0v) is 15.3. The lowest BCUT2D eigenvalue weighted by atomic mass is 10.0. The molecule has 2 fully saturated rings. The molecule has 2 atom stereocenters. The van der Waals surface area contributed by atoms with Crippen LogP contribution in [0.25, 0.3) is 0 Å². The number of hydrogen-bond donors (Lipinski definition) is 1. The van der Waals surface area contributed by atoms with Crippen LogP contribution in [0.5, 0.6) is 0 Å². The number of aromatic nitrogens is 2. The molecule has 3 heterocycles. The van der Waals surface area contributed by atoms with E-state index in [1.165, 1.54) is 11.9 Å². The molecule has 0 radical (unpaired) electrons. The van der Waals surface area contributed by atoms with Crippen molar-refractivity contribution >= 4 is 17.6 Å². The predicted octanol–water partition coefficient (Wildman–Crippen LogP) is 2.20. The quantitative estimate of drug-likeness (QED) is 0.838. The molecule has 0 saturated carbocycles. The summed E-state index contributed by atoms with van der Waals surface area (Å²) in [6.07, 6.45) is -0.159. The van der Waals surface area contributed by atoms with Crippen molar-refractivity contribution in [2.45, 2.75) is 12.7 Å². The fourth-order valence-corrected chi connectivity index (χ4v) is 3.58. The van der Waals surface area contributed by atoms with Crippen LogP contribution in [-0.4, -0.2) is 57.7 Å². The number of carbonyl (C=O) groups is 2. The third kappa shape index (κ3) is 5.08. The fourth-order valence-electron chi connectivity index (χ4n) is 3.58. The minimum atomic E-state index is -5.08. The molecule has 0 bridgehead atoms. The first-order chi connectivity index (χ1) is 13.8. The Morgan fingerprint density at radius 1 is 1.10 bits per heavy atom. The first-order valence-corrected chi connectivity index (χ1v) is 8.88. The minimum absolute atomic E-state index is 0.115. The number of carboxylic acid groups (broad SMARTS) is 1. The predicted molar refractivity (Wildman–Crippen MR) is 96.8 cm³/mol. The van der Waals surface area contributed by atoms with Crippen LogP contribution < -0.4 is 4.90 Å². The molecule has 2 aliphatic rings. The fraction of sp³-hybridized carbons (Fsp3) is 0.368. The number of hydrogen-bond acceptors (Lipinski definition) is 5. The number of aliphatic carboxylic acids is 1. The highest BCUT2D eigenvalue weighted by Crippen LogP contribution is 2.35. The van der Waals surface area contributed by atoms with Crippen LogP contribution in [0, 0.1) is 11.8 Å². The number of halogens is 3. The van der Waals surface area contributed by atoms with E-state index in [0.717, 1.165) is 31.9 Å².